The Balaban J connectivity index is 2.56. The minimum absolute atomic E-state index is 0.00345. The molecule has 0 aromatic heterocycles. The van der Waals surface area contributed by atoms with Crippen molar-refractivity contribution in [3.63, 3.8) is 0 Å². The van der Waals surface area contributed by atoms with Crippen LogP contribution in [0, 0.1) is 0 Å². The van der Waals surface area contributed by atoms with E-state index < -0.39 is 9.05 Å². The molecule has 0 bridgehead atoms. The molecular weight excluding hydrogens is 307 g/mol. The molecular formula is C13H10Cl2O3S. The maximum atomic E-state index is 11.3. The van der Waals surface area contributed by atoms with E-state index in [9.17, 15) is 8.42 Å². The maximum Gasteiger partial charge on any atom is 0.261 e. The van der Waals surface area contributed by atoms with Crippen LogP contribution in [0.1, 0.15) is 0 Å². The lowest BCUT2D eigenvalue weighted by molar-refractivity contribution is 0.415. The van der Waals surface area contributed by atoms with Crippen molar-refractivity contribution in [2.45, 2.75) is 4.90 Å². The molecule has 6 heteroatoms. The molecule has 0 aliphatic heterocycles. The molecule has 0 spiro atoms. The normalized spacial score (nSPS) is 11.3. The first kappa shape index (κ1) is 14.2. The summed E-state index contributed by atoms with van der Waals surface area (Å²) in [5.41, 5.74) is 1.64. The summed E-state index contributed by atoms with van der Waals surface area (Å²) in [5.74, 6) is 0.434. The van der Waals surface area contributed by atoms with Gasteiger partial charge in [-0.15, -0.1) is 0 Å². The van der Waals surface area contributed by atoms with Crippen LogP contribution < -0.4 is 4.74 Å². The Bertz CT molecular complexity index is 694. The van der Waals surface area contributed by atoms with Crippen molar-refractivity contribution in [2.75, 3.05) is 7.11 Å². The quantitative estimate of drug-likeness (QED) is 0.805. The molecule has 3 nitrogen and oxygen atoms in total. The van der Waals surface area contributed by atoms with Crippen molar-refractivity contribution in [3.8, 4) is 16.9 Å². The lowest BCUT2D eigenvalue weighted by Gasteiger charge is -2.10. The molecule has 2 aromatic carbocycles. The standard InChI is InChI=1S/C13H10Cl2O3S/c1-18-13-8-11(19(15,16)17)6-7-12(13)9-2-4-10(14)5-3-9/h2-8H,1H3. The van der Waals surface area contributed by atoms with Crippen LogP contribution in [0.4, 0.5) is 0 Å². The van der Waals surface area contributed by atoms with Gasteiger partial charge in [0, 0.05) is 27.3 Å². The summed E-state index contributed by atoms with van der Waals surface area (Å²) in [6.07, 6.45) is 0. The van der Waals surface area contributed by atoms with Crippen LogP contribution in [0.25, 0.3) is 11.1 Å². The molecule has 0 unspecified atom stereocenters. The highest BCUT2D eigenvalue weighted by Crippen LogP contribution is 2.33. The fourth-order valence-corrected chi connectivity index (χ4v) is 2.58. The predicted molar refractivity (Wildman–Crippen MR) is 76.5 cm³/mol. The maximum absolute atomic E-state index is 11.3. The second kappa shape index (κ2) is 5.41. The number of hydrogen-bond donors (Lipinski definition) is 0. The molecule has 0 N–H and O–H groups in total. The third-order valence-corrected chi connectivity index (χ3v) is 4.21. The molecule has 0 radical (unpaired) electrons. The molecule has 0 saturated carbocycles. The van der Waals surface area contributed by atoms with Gasteiger partial charge in [-0.2, -0.15) is 0 Å². The van der Waals surface area contributed by atoms with Gasteiger partial charge in [-0.3, -0.25) is 0 Å². The zero-order valence-electron chi connectivity index (χ0n) is 9.93. The summed E-state index contributed by atoms with van der Waals surface area (Å²) in [4.78, 5) is 0.00345. The summed E-state index contributed by atoms with van der Waals surface area (Å²) in [6.45, 7) is 0. The van der Waals surface area contributed by atoms with E-state index in [2.05, 4.69) is 0 Å². The van der Waals surface area contributed by atoms with Crippen LogP contribution >= 0.6 is 22.3 Å². The van der Waals surface area contributed by atoms with Crippen molar-refractivity contribution in [2.24, 2.45) is 0 Å². The monoisotopic (exact) mass is 316 g/mol. The van der Waals surface area contributed by atoms with Crippen LogP contribution in [0.3, 0.4) is 0 Å². The Hall–Kier alpha value is -1.23. The minimum Gasteiger partial charge on any atom is -0.496 e. The molecule has 0 aliphatic carbocycles. The SMILES string of the molecule is COc1cc(S(=O)(=O)Cl)ccc1-c1ccc(Cl)cc1. The smallest absolute Gasteiger partial charge is 0.261 e. The largest absolute Gasteiger partial charge is 0.496 e. The van der Waals surface area contributed by atoms with Crippen molar-refractivity contribution in [1.29, 1.82) is 0 Å². The highest BCUT2D eigenvalue weighted by Gasteiger charge is 2.14. The fraction of sp³-hybridized carbons (Fsp3) is 0.0769. The number of rotatable bonds is 3. The first-order chi connectivity index (χ1) is 8.91. The number of halogens is 2. The molecule has 2 rings (SSSR count). The van der Waals surface area contributed by atoms with E-state index in [0.717, 1.165) is 11.1 Å². The van der Waals surface area contributed by atoms with Gasteiger partial charge in [-0.05, 0) is 29.8 Å². The lowest BCUT2D eigenvalue weighted by Crippen LogP contribution is -1.94. The Labute approximate surface area is 121 Å². The summed E-state index contributed by atoms with van der Waals surface area (Å²) in [5, 5.41) is 0.627. The zero-order valence-corrected chi connectivity index (χ0v) is 12.3. The molecule has 0 saturated heterocycles. The number of benzene rings is 2. The Morgan fingerprint density at radius 3 is 2.21 bits per heavy atom. The van der Waals surface area contributed by atoms with E-state index in [1.54, 1.807) is 18.2 Å². The third kappa shape index (κ3) is 3.21. The van der Waals surface area contributed by atoms with Gasteiger partial charge in [0.05, 0.1) is 12.0 Å². The first-order valence-electron chi connectivity index (χ1n) is 5.30. The van der Waals surface area contributed by atoms with E-state index in [1.807, 2.05) is 12.1 Å². The van der Waals surface area contributed by atoms with Gasteiger partial charge >= 0.3 is 0 Å². The Morgan fingerprint density at radius 1 is 1.05 bits per heavy atom. The van der Waals surface area contributed by atoms with Crippen LogP contribution in [-0.2, 0) is 9.05 Å². The van der Waals surface area contributed by atoms with Gasteiger partial charge < -0.3 is 4.74 Å². The van der Waals surface area contributed by atoms with Crippen molar-refractivity contribution in [1.82, 2.24) is 0 Å². The van der Waals surface area contributed by atoms with E-state index in [1.165, 1.54) is 19.2 Å². The van der Waals surface area contributed by atoms with Gasteiger partial charge in [0.15, 0.2) is 0 Å². The number of methoxy groups -OCH3 is 1. The van der Waals surface area contributed by atoms with Crippen molar-refractivity contribution < 1.29 is 13.2 Å². The number of ether oxygens (including phenoxy) is 1. The average Bonchev–Trinajstić information content (AvgIpc) is 2.38. The molecule has 2 aromatic rings. The second-order valence-corrected chi connectivity index (χ2v) is 6.81. The van der Waals surface area contributed by atoms with E-state index in [-0.39, 0.29) is 4.90 Å². The summed E-state index contributed by atoms with van der Waals surface area (Å²) >= 11 is 5.83. The van der Waals surface area contributed by atoms with Gasteiger partial charge in [0.25, 0.3) is 9.05 Å². The van der Waals surface area contributed by atoms with E-state index in [0.29, 0.717) is 10.8 Å². The van der Waals surface area contributed by atoms with Gasteiger partial charge in [0.1, 0.15) is 5.75 Å². The average molecular weight is 317 g/mol. The van der Waals surface area contributed by atoms with Crippen LogP contribution in [0.2, 0.25) is 5.02 Å². The van der Waals surface area contributed by atoms with Gasteiger partial charge in [0.2, 0.25) is 0 Å². The van der Waals surface area contributed by atoms with Crippen molar-refractivity contribution >= 4 is 31.3 Å². The summed E-state index contributed by atoms with van der Waals surface area (Å²) < 4.78 is 27.8. The molecule has 0 amide bonds. The molecule has 0 heterocycles. The van der Waals surface area contributed by atoms with E-state index >= 15 is 0 Å². The van der Waals surface area contributed by atoms with Gasteiger partial charge in [-0.1, -0.05) is 23.7 Å². The summed E-state index contributed by atoms with van der Waals surface area (Å²) in [7, 11) is 3.01. The van der Waals surface area contributed by atoms with Crippen LogP contribution in [-0.4, -0.2) is 15.5 Å². The Kier molecular flexibility index (Phi) is 4.04. The third-order valence-electron chi connectivity index (χ3n) is 2.61. The van der Waals surface area contributed by atoms with Crippen LogP contribution in [0.15, 0.2) is 47.4 Å². The highest BCUT2D eigenvalue weighted by molar-refractivity contribution is 8.13. The molecule has 100 valence electrons. The Morgan fingerprint density at radius 2 is 1.68 bits per heavy atom. The minimum atomic E-state index is -3.77. The molecule has 0 atom stereocenters. The molecule has 0 aliphatic rings. The fourth-order valence-electron chi connectivity index (χ4n) is 1.69. The predicted octanol–water partition coefficient (Wildman–Crippen LogP) is 3.94. The highest BCUT2D eigenvalue weighted by atomic mass is 35.7. The van der Waals surface area contributed by atoms with Crippen molar-refractivity contribution in [3.05, 3.63) is 47.5 Å². The first-order valence-corrected chi connectivity index (χ1v) is 7.99. The topological polar surface area (TPSA) is 43.4 Å². The molecule has 19 heavy (non-hydrogen) atoms. The molecule has 0 fully saturated rings. The number of hydrogen-bond acceptors (Lipinski definition) is 3. The van der Waals surface area contributed by atoms with E-state index in [4.69, 9.17) is 27.0 Å². The van der Waals surface area contributed by atoms with Crippen LogP contribution in [0.5, 0.6) is 5.75 Å². The van der Waals surface area contributed by atoms with Gasteiger partial charge in [-0.25, -0.2) is 8.42 Å². The second-order valence-electron chi connectivity index (χ2n) is 3.81. The lowest BCUT2D eigenvalue weighted by atomic mass is 10.0. The zero-order chi connectivity index (χ0) is 14.0. The summed E-state index contributed by atoms with van der Waals surface area (Å²) in [6, 6.07) is 11.6.